The van der Waals surface area contributed by atoms with Crippen molar-refractivity contribution in [2.24, 2.45) is 11.0 Å². The summed E-state index contributed by atoms with van der Waals surface area (Å²) >= 11 is 0. The predicted molar refractivity (Wildman–Crippen MR) is 101 cm³/mol. The molecule has 0 bridgehead atoms. The van der Waals surface area contributed by atoms with Crippen LogP contribution in [0.1, 0.15) is 35.7 Å². The fourth-order valence-electron chi connectivity index (χ4n) is 2.41. The summed E-state index contributed by atoms with van der Waals surface area (Å²) in [5.41, 5.74) is 4.61. The van der Waals surface area contributed by atoms with Crippen molar-refractivity contribution in [3.8, 4) is 0 Å². The Labute approximate surface area is 155 Å². The van der Waals surface area contributed by atoms with E-state index in [0.29, 0.717) is 11.4 Å². The molecule has 0 aromatic heterocycles. The van der Waals surface area contributed by atoms with Crippen LogP contribution in [0, 0.1) is 16.0 Å². The second-order valence-corrected chi connectivity index (χ2v) is 6.29. The number of non-ortho nitro benzene ring substituents is 1. The normalized spacial score (nSPS) is 13.7. The molecule has 1 fully saturated rings. The molecule has 1 aliphatic rings. The lowest BCUT2D eigenvalue weighted by molar-refractivity contribution is -0.384. The quantitative estimate of drug-likeness (QED) is 0.464. The Morgan fingerprint density at radius 1 is 1.11 bits per heavy atom. The highest BCUT2D eigenvalue weighted by Crippen LogP contribution is 2.30. The van der Waals surface area contributed by atoms with E-state index in [-0.39, 0.29) is 23.1 Å². The fraction of sp³-hybridized carbons (Fsp3) is 0.211. The number of hydrazone groups is 1. The molecule has 0 atom stereocenters. The van der Waals surface area contributed by atoms with Gasteiger partial charge in [0.1, 0.15) is 0 Å². The van der Waals surface area contributed by atoms with Gasteiger partial charge in [-0.2, -0.15) is 5.10 Å². The number of rotatable bonds is 6. The van der Waals surface area contributed by atoms with Gasteiger partial charge in [-0.25, -0.2) is 5.43 Å². The summed E-state index contributed by atoms with van der Waals surface area (Å²) < 4.78 is 0. The summed E-state index contributed by atoms with van der Waals surface area (Å²) in [6.07, 6.45) is 1.86. The van der Waals surface area contributed by atoms with E-state index < -0.39 is 10.8 Å². The maximum atomic E-state index is 12.1. The van der Waals surface area contributed by atoms with Crippen LogP contribution in [0.3, 0.4) is 0 Å². The number of hydrogen-bond donors (Lipinski definition) is 2. The molecular formula is C19H18N4O4. The minimum atomic E-state index is -0.529. The largest absolute Gasteiger partial charge is 0.326 e. The van der Waals surface area contributed by atoms with Crippen LogP contribution in [0.4, 0.5) is 11.4 Å². The van der Waals surface area contributed by atoms with Crippen LogP contribution in [-0.2, 0) is 4.79 Å². The van der Waals surface area contributed by atoms with E-state index in [4.69, 9.17) is 0 Å². The van der Waals surface area contributed by atoms with Gasteiger partial charge in [0, 0.05) is 29.3 Å². The maximum Gasteiger partial charge on any atom is 0.271 e. The first-order valence-corrected chi connectivity index (χ1v) is 8.44. The summed E-state index contributed by atoms with van der Waals surface area (Å²) in [6.45, 7) is 1.73. The Kier molecular flexibility index (Phi) is 5.25. The first kappa shape index (κ1) is 18.2. The number of carbonyl (C=O) groups is 2. The minimum Gasteiger partial charge on any atom is -0.326 e. The second kappa shape index (κ2) is 7.77. The smallest absolute Gasteiger partial charge is 0.271 e. The average Bonchev–Trinajstić information content (AvgIpc) is 3.51. The van der Waals surface area contributed by atoms with Crippen molar-refractivity contribution in [3.05, 3.63) is 69.8 Å². The number of carbonyl (C=O) groups excluding carboxylic acids is 2. The number of anilines is 1. The molecule has 0 saturated heterocycles. The lowest BCUT2D eigenvalue weighted by Crippen LogP contribution is -2.19. The van der Waals surface area contributed by atoms with Crippen LogP contribution in [0.15, 0.2) is 53.6 Å². The van der Waals surface area contributed by atoms with Gasteiger partial charge >= 0.3 is 0 Å². The molecule has 1 saturated carbocycles. The molecule has 3 rings (SSSR count). The number of amides is 2. The second-order valence-electron chi connectivity index (χ2n) is 6.29. The highest BCUT2D eigenvalue weighted by Gasteiger charge is 2.29. The Hall–Kier alpha value is -3.55. The van der Waals surface area contributed by atoms with E-state index in [0.717, 1.165) is 18.4 Å². The molecule has 8 nitrogen and oxygen atoms in total. The van der Waals surface area contributed by atoms with Crippen LogP contribution in [0.2, 0.25) is 0 Å². The first-order chi connectivity index (χ1) is 12.9. The zero-order chi connectivity index (χ0) is 19.4. The SMILES string of the molecule is C/C(=N\NC(=O)c1ccc([N+](=O)[O-])cc1)c1cccc(NC(=O)C2CC2)c1. The molecule has 1 aliphatic carbocycles. The lowest BCUT2D eigenvalue weighted by Gasteiger charge is -2.07. The van der Waals surface area contributed by atoms with Gasteiger partial charge in [-0.15, -0.1) is 0 Å². The van der Waals surface area contributed by atoms with Gasteiger partial charge in [0.25, 0.3) is 11.6 Å². The number of nitro groups is 1. The van der Waals surface area contributed by atoms with E-state index in [1.54, 1.807) is 25.1 Å². The van der Waals surface area contributed by atoms with Crippen molar-refractivity contribution in [1.82, 2.24) is 5.43 Å². The lowest BCUT2D eigenvalue weighted by atomic mass is 10.1. The molecule has 0 aliphatic heterocycles. The van der Waals surface area contributed by atoms with E-state index in [1.807, 2.05) is 6.07 Å². The molecule has 2 amide bonds. The van der Waals surface area contributed by atoms with Crippen LogP contribution in [0.5, 0.6) is 0 Å². The maximum absolute atomic E-state index is 12.1. The van der Waals surface area contributed by atoms with Crippen molar-refractivity contribution >= 4 is 28.9 Å². The molecule has 0 radical (unpaired) electrons. The van der Waals surface area contributed by atoms with Crippen molar-refractivity contribution in [2.45, 2.75) is 19.8 Å². The third-order valence-corrected chi connectivity index (χ3v) is 4.16. The van der Waals surface area contributed by atoms with Gasteiger partial charge in [-0.3, -0.25) is 19.7 Å². The summed E-state index contributed by atoms with van der Waals surface area (Å²) in [6, 6.07) is 12.5. The molecule has 2 aromatic rings. The van der Waals surface area contributed by atoms with Crippen molar-refractivity contribution < 1.29 is 14.5 Å². The Morgan fingerprint density at radius 2 is 1.81 bits per heavy atom. The highest BCUT2D eigenvalue weighted by molar-refractivity contribution is 6.02. The van der Waals surface area contributed by atoms with Crippen LogP contribution < -0.4 is 10.7 Å². The monoisotopic (exact) mass is 366 g/mol. The number of benzene rings is 2. The van der Waals surface area contributed by atoms with Gasteiger partial charge in [-0.1, -0.05) is 12.1 Å². The summed E-state index contributed by atoms with van der Waals surface area (Å²) in [5.74, 6) is -0.333. The summed E-state index contributed by atoms with van der Waals surface area (Å²) in [4.78, 5) is 34.1. The fourth-order valence-corrected chi connectivity index (χ4v) is 2.41. The molecule has 2 N–H and O–H groups in total. The van der Waals surface area contributed by atoms with Crippen molar-refractivity contribution in [3.63, 3.8) is 0 Å². The third-order valence-electron chi connectivity index (χ3n) is 4.16. The van der Waals surface area contributed by atoms with Gasteiger partial charge in [0.2, 0.25) is 5.91 Å². The highest BCUT2D eigenvalue weighted by atomic mass is 16.6. The van der Waals surface area contributed by atoms with Gasteiger partial charge in [0.05, 0.1) is 10.6 Å². The van der Waals surface area contributed by atoms with Gasteiger partial charge < -0.3 is 5.32 Å². The third kappa shape index (κ3) is 4.75. The van der Waals surface area contributed by atoms with E-state index >= 15 is 0 Å². The molecule has 2 aromatic carbocycles. The molecule has 27 heavy (non-hydrogen) atoms. The number of hydrogen-bond acceptors (Lipinski definition) is 5. The van der Waals surface area contributed by atoms with Crippen LogP contribution >= 0.6 is 0 Å². The summed E-state index contributed by atoms with van der Waals surface area (Å²) in [7, 11) is 0. The summed E-state index contributed by atoms with van der Waals surface area (Å²) in [5, 5.41) is 17.6. The molecule has 8 heteroatoms. The molecule has 0 heterocycles. The zero-order valence-corrected chi connectivity index (χ0v) is 14.6. The predicted octanol–water partition coefficient (Wildman–Crippen LogP) is 3.10. The Bertz CT molecular complexity index is 918. The van der Waals surface area contributed by atoms with Crippen LogP contribution in [0.25, 0.3) is 0 Å². The van der Waals surface area contributed by atoms with Crippen molar-refractivity contribution in [1.29, 1.82) is 0 Å². The molecular weight excluding hydrogens is 348 g/mol. The van der Waals surface area contributed by atoms with Crippen molar-refractivity contribution in [2.75, 3.05) is 5.32 Å². The minimum absolute atomic E-state index is 0.0215. The van der Waals surface area contributed by atoms with E-state index in [1.165, 1.54) is 24.3 Å². The van der Waals surface area contributed by atoms with E-state index in [9.17, 15) is 19.7 Å². The Balaban J connectivity index is 1.65. The number of nitrogens with one attached hydrogen (secondary N) is 2. The first-order valence-electron chi connectivity index (χ1n) is 8.44. The van der Waals surface area contributed by atoms with Gasteiger partial charge in [-0.05, 0) is 49.6 Å². The topological polar surface area (TPSA) is 114 Å². The average molecular weight is 366 g/mol. The zero-order valence-electron chi connectivity index (χ0n) is 14.6. The molecule has 0 spiro atoms. The number of nitro benzene ring substituents is 1. The van der Waals surface area contributed by atoms with Gasteiger partial charge in [0.15, 0.2) is 0 Å². The van der Waals surface area contributed by atoms with Crippen LogP contribution in [-0.4, -0.2) is 22.4 Å². The Morgan fingerprint density at radius 3 is 2.44 bits per heavy atom. The molecule has 138 valence electrons. The standard InChI is InChI=1S/C19H18N4O4/c1-12(15-3-2-4-16(11-15)20-18(24)13-5-6-13)21-22-19(25)14-7-9-17(10-8-14)23(26)27/h2-4,7-11,13H,5-6H2,1H3,(H,20,24)(H,22,25)/b21-12+. The number of nitrogens with zero attached hydrogens (tertiary/aromatic N) is 2. The molecule has 0 unspecified atom stereocenters. The van der Waals surface area contributed by atoms with E-state index in [2.05, 4.69) is 15.8 Å².